The van der Waals surface area contributed by atoms with Crippen molar-refractivity contribution in [3.63, 3.8) is 0 Å². The SMILES string of the molecule is N#CCc1ccc(-n2cnc3cnc4ccc(-c5ccsc5)cc4c32)c(Cl)c1. The van der Waals surface area contributed by atoms with E-state index in [0.717, 1.165) is 38.8 Å². The number of benzene rings is 2. The summed E-state index contributed by atoms with van der Waals surface area (Å²) in [5, 5.41) is 14.7. The Labute approximate surface area is 170 Å². The summed E-state index contributed by atoms with van der Waals surface area (Å²) in [5.41, 5.74) is 6.75. The van der Waals surface area contributed by atoms with Crippen molar-refractivity contribution in [2.45, 2.75) is 6.42 Å². The lowest BCUT2D eigenvalue weighted by Gasteiger charge is -2.10. The van der Waals surface area contributed by atoms with E-state index in [1.165, 1.54) is 5.56 Å². The number of halogens is 1. The smallest absolute Gasteiger partial charge is 0.108 e. The van der Waals surface area contributed by atoms with Crippen molar-refractivity contribution in [2.75, 3.05) is 0 Å². The van der Waals surface area contributed by atoms with E-state index in [-0.39, 0.29) is 0 Å². The first-order valence-corrected chi connectivity index (χ1v) is 10.0. The molecule has 3 heterocycles. The Morgan fingerprint density at radius 3 is 2.75 bits per heavy atom. The van der Waals surface area contributed by atoms with E-state index in [2.05, 4.69) is 45.0 Å². The van der Waals surface area contributed by atoms with Crippen LogP contribution in [0.25, 0.3) is 38.8 Å². The van der Waals surface area contributed by atoms with Gasteiger partial charge in [0.1, 0.15) is 11.8 Å². The van der Waals surface area contributed by atoms with E-state index in [0.29, 0.717) is 11.4 Å². The number of pyridine rings is 1. The average molecular weight is 401 g/mol. The predicted octanol–water partition coefficient (Wildman–Crippen LogP) is 6.02. The summed E-state index contributed by atoms with van der Waals surface area (Å²) in [6.07, 6.45) is 3.89. The maximum absolute atomic E-state index is 8.91. The molecule has 0 fully saturated rings. The van der Waals surface area contributed by atoms with Crippen LogP contribution in [0.3, 0.4) is 0 Å². The van der Waals surface area contributed by atoms with Gasteiger partial charge in [-0.3, -0.25) is 9.55 Å². The van der Waals surface area contributed by atoms with Crippen molar-refractivity contribution in [3.8, 4) is 22.9 Å². The largest absolute Gasteiger partial charge is 0.297 e. The Hall–Kier alpha value is -3.20. The molecule has 5 aromatic rings. The van der Waals surface area contributed by atoms with E-state index in [9.17, 15) is 0 Å². The fourth-order valence-electron chi connectivity index (χ4n) is 3.43. The van der Waals surface area contributed by atoms with Crippen LogP contribution in [-0.2, 0) is 6.42 Å². The molecule has 28 heavy (non-hydrogen) atoms. The van der Waals surface area contributed by atoms with Crippen LogP contribution in [0.15, 0.2) is 65.7 Å². The number of aromatic nitrogens is 3. The Morgan fingerprint density at radius 1 is 1.04 bits per heavy atom. The van der Waals surface area contributed by atoms with Gasteiger partial charge in [0, 0.05) is 5.39 Å². The van der Waals surface area contributed by atoms with Crippen LogP contribution in [0.2, 0.25) is 5.02 Å². The fraction of sp³-hybridized carbons (Fsp3) is 0.0455. The molecule has 0 unspecified atom stereocenters. The maximum Gasteiger partial charge on any atom is 0.108 e. The number of hydrogen-bond acceptors (Lipinski definition) is 4. The number of thiophene rings is 1. The second-order valence-corrected chi connectivity index (χ2v) is 7.66. The first-order valence-electron chi connectivity index (χ1n) is 8.69. The Balaban J connectivity index is 1.76. The lowest BCUT2D eigenvalue weighted by molar-refractivity contribution is 1.09. The molecule has 0 aliphatic carbocycles. The van der Waals surface area contributed by atoms with Gasteiger partial charge in [-0.25, -0.2) is 4.98 Å². The molecule has 2 aromatic carbocycles. The van der Waals surface area contributed by atoms with Crippen LogP contribution in [0.1, 0.15) is 5.56 Å². The van der Waals surface area contributed by atoms with Crippen LogP contribution < -0.4 is 0 Å². The Morgan fingerprint density at radius 2 is 1.96 bits per heavy atom. The van der Waals surface area contributed by atoms with Gasteiger partial charge in [0.25, 0.3) is 0 Å². The molecule has 134 valence electrons. The minimum atomic E-state index is 0.335. The first kappa shape index (κ1) is 16.9. The Kier molecular flexibility index (Phi) is 4.09. The van der Waals surface area contributed by atoms with Gasteiger partial charge in [-0.05, 0) is 57.8 Å². The van der Waals surface area contributed by atoms with Crippen LogP contribution in [-0.4, -0.2) is 14.5 Å². The lowest BCUT2D eigenvalue weighted by Crippen LogP contribution is -1.96. The molecule has 3 aromatic heterocycles. The molecule has 0 saturated carbocycles. The van der Waals surface area contributed by atoms with Gasteiger partial charge in [0.05, 0.1) is 40.4 Å². The summed E-state index contributed by atoms with van der Waals surface area (Å²) < 4.78 is 2.00. The van der Waals surface area contributed by atoms with Crippen LogP contribution in [0.4, 0.5) is 0 Å². The summed E-state index contributed by atoms with van der Waals surface area (Å²) in [6, 6.07) is 16.3. The molecule has 0 N–H and O–H groups in total. The zero-order valence-electron chi connectivity index (χ0n) is 14.6. The number of nitriles is 1. The first-order chi connectivity index (χ1) is 13.7. The molecule has 0 saturated heterocycles. The van der Waals surface area contributed by atoms with Gasteiger partial charge in [-0.15, -0.1) is 0 Å². The minimum Gasteiger partial charge on any atom is -0.297 e. The van der Waals surface area contributed by atoms with Gasteiger partial charge in [0.15, 0.2) is 0 Å². The van der Waals surface area contributed by atoms with Crippen LogP contribution >= 0.6 is 22.9 Å². The zero-order chi connectivity index (χ0) is 19.1. The number of hydrogen-bond donors (Lipinski definition) is 0. The molecule has 0 spiro atoms. The van der Waals surface area contributed by atoms with Gasteiger partial charge in [-0.1, -0.05) is 23.7 Å². The highest BCUT2D eigenvalue weighted by Gasteiger charge is 2.13. The predicted molar refractivity (Wildman–Crippen MR) is 114 cm³/mol. The topological polar surface area (TPSA) is 54.5 Å². The third-order valence-corrected chi connectivity index (χ3v) is 5.77. The van der Waals surface area contributed by atoms with Gasteiger partial charge >= 0.3 is 0 Å². The molecule has 0 bridgehead atoms. The van der Waals surface area contributed by atoms with Gasteiger partial charge in [0.2, 0.25) is 0 Å². The van der Waals surface area contributed by atoms with Gasteiger partial charge < -0.3 is 0 Å². The summed E-state index contributed by atoms with van der Waals surface area (Å²) >= 11 is 8.23. The highest BCUT2D eigenvalue weighted by Crippen LogP contribution is 2.32. The normalized spacial score (nSPS) is 11.1. The molecule has 0 aliphatic rings. The van der Waals surface area contributed by atoms with E-state index < -0.39 is 0 Å². The zero-order valence-corrected chi connectivity index (χ0v) is 16.2. The molecule has 0 atom stereocenters. The third kappa shape index (κ3) is 2.75. The Bertz CT molecular complexity index is 1360. The van der Waals surface area contributed by atoms with Crippen molar-refractivity contribution in [2.24, 2.45) is 0 Å². The fourth-order valence-corrected chi connectivity index (χ4v) is 4.39. The number of fused-ring (bicyclic) bond motifs is 3. The summed E-state index contributed by atoms with van der Waals surface area (Å²) in [5.74, 6) is 0. The molecule has 5 rings (SSSR count). The molecule has 6 heteroatoms. The van der Waals surface area contributed by atoms with Crippen molar-refractivity contribution < 1.29 is 0 Å². The van der Waals surface area contributed by atoms with E-state index in [1.807, 2.05) is 28.8 Å². The molecule has 0 amide bonds. The van der Waals surface area contributed by atoms with Crippen LogP contribution in [0, 0.1) is 11.3 Å². The highest BCUT2D eigenvalue weighted by molar-refractivity contribution is 7.08. The second kappa shape index (κ2) is 6.75. The summed E-state index contributed by atoms with van der Waals surface area (Å²) in [6.45, 7) is 0. The maximum atomic E-state index is 8.91. The highest BCUT2D eigenvalue weighted by atomic mass is 35.5. The molecule has 4 nitrogen and oxygen atoms in total. The lowest BCUT2D eigenvalue weighted by atomic mass is 10.1. The molecular formula is C22H13ClN4S. The van der Waals surface area contributed by atoms with Crippen molar-refractivity contribution >= 4 is 44.9 Å². The number of imidazole rings is 1. The van der Waals surface area contributed by atoms with Crippen molar-refractivity contribution in [1.29, 1.82) is 5.26 Å². The van der Waals surface area contributed by atoms with E-state index >= 15 is 0 Å². The minimum absolute atomic E-state index is 0.335. The standard InChI is InChI=1S/C22H13ClN4S/c23-18-9-14(5-7-24)1-4-21(18)27-13-26-20-11-25-19-3-2-15(10-17(19)22(20)27)16-6-8-28-12-16/h1-4,6,8-13H,5H2. The van der Waals surface area contributed by atoms with E-state index in [1.54, 1.807) is 23.9 Å². The van der Waals surface area contributed by atoms with E-state index in [4.69, 9.17) is 16.9 Å². The third-order valence-electron chi connectivity index (χ3n) is 4.78. The van der Waals surface area contributed by atoms with Gasteiger partial charge in [-0.2, -0.15) is 16.6 Å². The van der Waals surface area contributed by atoms with Crippen molar-refractivity contribution in [1.82, 2.24) is 14.5 Å². The molecular weight excluding hydrogens is 388 g/mol. The van der Waals surface area contributed by atoms with Crippen molar-refractivity contribution in [3.05, 3.63) is 76.3 Å². The average Bonchev–Trinajstić information content (AvgIpc) is 3.38. The monoisotopic (exact) mass is 400 g/mol. The second-order valence-electron chi connectivity index (χ2n) is 6.47. The number of rotatable bonds is 3. The quantitative estimate of drug-likeness (QED) is 0.372. The number of nitrogens with zero attached hydrogens (tertiary/aromatic N) is 4. The molecule has 0 aliphatic heterocycles. The van der Waals surface area contributed by atoms with Crippen LogP contribution in [0.5, 0.6) is 0 Å². The molecule has 0 radical (unpaired) electrons. The summed E-state index contributed by atoms with van der Waals surface area (Å²) in [4.78, 5) is 9.09. The summed E-state index contributed by atoms with van der Waals surface area (Å²) in [7, 11) is 0.